The highest BCUT2D eigenvalue weighted by Gasteiger charge is 2.18. The fourth-order valence-electron chi connectivity index (χ4n) is 2.43. The minimum atomic E-state index is 0. The van der Waals surface area contributed by atoms with Gasteiger partial charge in [-0.1, -0.05) is 0 Å². The number of amides is 1. The van der Waals surface area contributed by atoms with E-state index in [1.807, 2.05) is 12.1 Å². The van der Waals surface area contributed by atoms with Crippen molar-refractivity contribution in [2.75, 3.05) is 11.9 Å². The van der Waals surface area contributed by atoms with Gasteiger partial charge in [-0.25, -0.2) is 9.67 Å². The first-order valence-corrected chi connectivity index (χ1v) is 6.81. The molecule has 2 aromatic rings. The van der Waals surface area contributed by atoms with Crippen LogP contribution in [0.4, 0.5) is 5.69 Å². The number of pyridine rings is 1. The Kier molecular flexibility index (Phi) is 7.31. The normalized spacial score (nSPS) is 16.5. The topological polar surface area (TPSA) is 71.8 Å². The van der Waals surface area contributed by atoms with Crippen LogP contribution in [0, 0.1) is 0 Å². The highest BCUT2D eigenvalue weighted by molar-refractivity contribution is 5.92. The number of halogens is 2. The molecule has 1 aliphatic heterocycles. The molecule has 2 aromatic heterocycles. The molecule has 0 bridgehead atoms. The maximum Gasteiger partial charge on any atom is 0.226 e. The SMILES string of the molecule is Cl.Cl.O=C(CC1CCCN1)Nc1cccnc1-n1cccn1. The van der Waals surface area contributed by atoms with Crippen molar-refractivity contribution in [2.45, 2.75) is 25.3 Å². The first kappa shape index (κ1) is 18.4. The van der Waals surface area contributed by atoms with Gasteiger partial charge in [0.25, 0.3) is 0 Å². The largest absolute Gasteiger partial charge is 0.323 e. The summed E-state index contributed by atoms with van der Waals surface area (Å²) in [4.78, 5) is 16.4. The van der Waals surface area contributed by atoms with Gasteiger partial charge in [0.1, 0.15) is 0 Å². The summed E-state index contributed by atoms with van der Waals surface area (Å²) < 4.78 is 1.64. The molecule has 22 heavy (non-hydrogen) atoms. The molecule has 1 saturated heterocycles. The Balaban J connectivity index is 0.00000121. The summed E-state index contributed by atoms with van der Waals surface area (Å²) in [7, 11) is 0. The fourth-order valence-corrected chi connectivity index (χ4v) is 2.43. The summed E-state index contributed by atoms with van der Waals surface area (Å²) in [5, 5.41) is 10.4. The molecule has 8 heteroatoms. The number of carbonyl (C=O) groups excluding carboxylic acids is 1. The average molecular weight is 344 g/mol. The Morgan fingerprint density at radius 2 is 2.23 bits per heavy atom. The molecule has 1 unspecified atom stereocenters. The molecule has 6 nitrogen and oxygen atoms in total. The van der Waals surface area contributed by atoms with Crippen LogP contribution in [0.2, 0.25) is 0 Å². The van der Waals surface area contributed by atoms with Crippen LogP contribution in [-0.4, -0.2) is 33.3 Å². The van der Waals surface area contributed by atoms with E-state index in [2.05, 4.69) is 20.7 Å². The smallest absolute Gasteiger partial charge is 0.226 e. The first-order chi connectivity index (χ1) is 9.83. The molecule has 0 spiro atoms. The third-order valence-electron chi connectivity index (χ3n) is 3.38. The molecule has 0 aromatic carbocycles. The number of rotatable bonds is 4. The first-order valence-electron chi connectivity index (χ1n) is 6.81. The van der Waals surface area contributed by atoms with E-state index in [0.717, 1.165) is 19.4 Å². The lowest BCUT2D eigenvalue weighted by molar-refractivity contribution is -0.116. The van der Waals surface area contributed by atoms with Gasteiger partial charge in [0.2, 0.25) is 5.91 Å². The van der Waals surface area contributed by atoms with Gasteiger partial charge in [0, 0.05) is 31.1 Å². The number of carbonyl (C=O) groups is 1. The molecule has 1 atom stereocenters. The second-order valence-corrected chi connectivity index (χ2v) is 4.87. The molecule has 0 aliphatic carbocycles. The fraction of sp³-hybridized carbons (Fsp3) is 0.357. The number of nitrogens with one attached hydrogen (secondary N) is 2. The van der Waals surface area contributed by atoms with Crippen LogP contribution in [-0.2, 0) is 4.79 Å². The number of aromatic nitrogens is 3. The van der Waals surface area contributed by atoms with Crippen LogP contribution in [0.1, 0.15) is 19.3 Å². The van der Waals surface area contributed by atoms with Gasteiger partial charge in [-0.15, -0.1) is 24.8 Å². The summed E-state index contributed by atoms with van der Waals surface area (Å²) >= 11 is 0. The standard InChI is InChI=1S/C14H17N5O.2ClH/c20-13(10-11-4-1-6-15-11)18-12-5-2-7-16-14(12)19-9-3-8-17-19;;/h2-3,5,7-9,11,15H,1,4,6,10H2,(H,18,20);2*1H. The molecule has 2 N–H and O–H groups in total. The van der Waals surface area contributed by atoms with Crippen LogP contribution in [0.5, 0.6) is 0 Å². The number of nitrogens with zero attached hydrogens (tertiary/aromatic N) is 3. The van der Waals surface area contributed by atoms with Crippen LogP contribution in [0.25, 0.3) is 5.82 Å². The third-order valence-corrected chi connectivity index (χ3v) is 3.38. The van der Waals surface area contributed by atoms with Crippen molar-refractivity contribution in [1.82, 2.24) is 20.1 Å². The Bertz CT molecular complexity index is 585. The van der Waals surface area contributed by atoms with E-state index in [4.69, 9.17) is 0 Å². The van der Waals surface area contributed by atoms with Crippen LogP contribution >= 0.6 is 24.8 Å². The van der Waals surface area contributed by atoms with E-state index < -0.39 is 0 Å². The van der Waals surface area contributed by atoms with Crippen LogP contribution in [0.3, 0.4) is 0 Å². The zero-order valence-corrected chi connectivity index (χ0v) is 13.6. The van der Waals surface area contributed by atoms with Crippen molar-refractivity contribution in [3.63, 3.8) is 0 Å². The Morgan fingerprint density at radius 3 is 2.91 bits per heavy atom. The second-order valence-electron chi connectivity index (χ2n) is 4.87. The molecule has 1 amide bonds. The average Bonchev–Trinajstić information content (AvgIpc) is 3.11. The molecule has 3 rings (SSSR count). The van der Waals surface area contributed by atoms with E-state index in [1.54, 1.807) is 29.3 Å². The zero-order chi connectivity index (χ0) is 13.8. The van der Waals surface area contributed by atoms with Crippen molar-refractivity contribution >= 4 is 36.4 Å². The summed E-state index contributed by atoms with van der Waals surface area (Å²) in [6.45, 7) is 1.00. The summed E-state index contributed by atoms with van der Waals surface area (Å²) in [6.07, 6.45) is 7.87. The van der Waals surface area contributed by atoms with E-state index in [9.17, 15) is 4.79 Å². The quantitative estimate of drug-likeness (QED) is 0.892. The van der Waals surface area contributed by atoms with Crippen molar-refractivity contribution in [3.8, 4) is 5.82 Å². The molecule has 120 valence electrons. The van der Waals surface area contributed by atoms with E-state index >= 15 is 0 Å². The van der Waals surface area contributed by atoms with Gasteiger partial charge in [-0.05, 0) is 37.6 Å². The third kappa shape index (κ3) is 4.43. The number of hydrogen-bond donors (Lipinski definition) is 2. The monoisotopic (exact) mass is 343 g/mol. The van der Waals surface area contributed by atoms with Crippen molar-refractivity contribution in [1.29, 1.82) is 0 Å². The molecule has 1 fully saturated rings. The summed E-state index contributed by atoms with van der Waals surface area (Å²) in [5.74, 6) is 0.635. The number of hydrogen-bond acceptors (Lipinski definition) is 4. The lowest BCUT2D eigenvalue weighted by Crippen LogP contribution is -2.27. The van der Waals surface area contributed by atoms with Gasteiger partial charge in [-0.3, -0.25) is 4.79 Å². The molecular weight excluding hydrogens is 325 g/mol. The highest BCUT2D eigenvalue weighted by atomic mass is 35.5. The zero-order valence-electron chi connectivity index (χ0n) is 11.9. The number of anilines is 1. The predicted molar refractivity (Wildman–Crippen MR) is 90.1 cm³/mol. The van der Waals surface area contributed by atoms with Gasteiger partial charge >= 0.3 is 0 Å². The minimum absolute atomic E-state index is 0. The van der Waals surface area contributed by atoms with Gasteiger partial charge < -0.3 is 10.6 Å². The van der Waals surface area contributed by atoms with Gasteiger partial charge in [0.15, 0.2) is 5.82 Å². The Hall–Kier alpha value is -1.63. The highest BCUT2D eigenvalue weighted by Crippen LogP contribution is 2.17. The molecule has 0 radical (unpaired) electrons. The predicted octanol–water partition coefficient (Wildman–Crippen LogP) is 2.19. The minimum Gasteiger partial charge on any atom is -0.323 e. The van der Waals surface area contributed by atoms with E-state index in [1.165, 1.54) is 0 Å². The van der Waals surface area contributed by atoms with E-state index in [0.29, 0.717) is 24.0 Å². The lowest BCUT2D eigenvalue weighted by Gasteiger charge is -2.12. The van der Waals surface area contributed by atoms with Crippen molar-refractivity contribution < 1.29 is 4.79 Å². The Morgan fingerprint density at radius 1 is 1.36 bits per heavy atom. The lowest BCUT2D eigenvalue weighted by atomic mass is 10.1. The van der Waals surface area contributed by atoms with E-state index in [-0.39, 0.29) is 30.7 Å². The van der Waals surface area contributed by atoms with Crippen LogP contribution in [0.15, 0.2) is 36.8 Å². The molecule has 0 saturated carbocycles. The summed E-state index contributed by atoms with van der Waals surface area (Å²) in [6, 6.07) is 5.75. The maximum atomic E-state index is 12.1. The molecule has 3 heterocycles. The Labute approximate surface area is 141 Å². The van der Waals surface area contributed by atoms with Gasteiger partial charge in [0.05, 0.1) is 5.69 Å². The molecular formula is C14H19Cl2N5O. The van der Waals surface area contributed by atoms with Gasteiger partial charge in [-0.2, -0.15) is 5.10 Å². The van der Waals surface area contributed by atoms with Crippen molar-refractivity contribution in [2.24, 2.45) is 0 Å². The second kappa shape index (κ2) is 8.73. The molecule has 1 aliphatic rings. The maximum absolute atomic E-state index is 12.1. The van der Waals surface area contributed by atoms with Crippen molar-refractivity contribution in [3.05, 3.63) is 36.8 Å². The van der Waals surface area contributed by atoms with Crippen LogP contribution < -0.4 is 10.6 Å². The summed E-state index contributed by atoms with van der Waals surface area (Å²) in [5.41, 5.74) is 0.680.